The Morgan fingerprint density at radius 2 is 2.00 bits per heavy atom. The van der Waals surface area contributed by atoms with Crippen LogP contribution < -0.4 is 4.74 Å². The van der Waals surface area contributed by atoms with Crippen molar-refractivity contribution in [2.45, 2.75) is 6.61 Å². The van der Waals surface area contributed by atoms with E-state index in [-0.39, 0.29) is 17.9 Å². The zero-order valence-electron chi connectivity index (χ0n) is 8.72. The molecule has 5 heteroatoms. The average molecular weight is 253 g/mol. The Hall–Kier alpha value is -1.94. The van der Waals surface area contributed by atoms with Gasteiger partial charge in [-0.15, -0.1) is 0 Å². The van der Waals surface area contributed by atoms with Crippen LogP contribution in [0.5, 0.6) is 5.75 Å². The molecule has 0 aliphatic heterocycles. The summed E-state index contributed by atoms with van der Waals surface area (Å²) < 4.78 is 10.4. The van der Waals surface area contributed by atoms with Crippen LogP contribution >= 0.6 is 11.6 Å². The maximum Gasteiger partial charge on any atom is 0.339 e. The van der Waals surface area contributed by atoms with E-state index in [2.05, 4.69) is 0 Å². The Morgan fingerprint density at radius 3 is 2.65 bits per heavy atom. The Kier molecular flexibility index (Phi) is 3.35. The van der Waals surface area contributed by atoms with E-state index in [4.69, 9.17) is 25.9 Å². The summed E-state index contributed by atoms with van der Waals surface area (Å²) in [6, 6.07) is 8.18. The van der Waals surface area contributed by atoms with Crippen molar-refractivity contribution in [3.05, 3.63) is 52.9 Å². The first-order valence-electron chi connectivity index (χ1n) is 4.85. The van der Waals surface area contributed by atoms with Crippen LogP contribution in [0.4, 0.5) is 0 Å². The molecule has 4 nitrogen and oxygen atoms in total. The Bertz CT molecular complexity index is 516. The van der Waals surface area contributed by atoms with E-state index >= 15 is 0 Å². The van der Waals surface area contributed by atoms with Crippen LogP contribution in [0.25, 0.3) is 0 Å². The third-order valence-electron chi connectivity index (χ3n) is 2.16. The molecule has 0 radical (unpaired) electrons. The number of hydrogen-bond donors (Lipinski definition) is 1. The van der Waals surface area contributed by atoms with Gasteiger partial charge >= 0.3 is 5.97 Å². The molecule has 1 aromatic carbocycles. The van der Waals surface area contributed by atoms with E-state index < -0.39 is 5.97 Å². The third kappa shape index (κ3) is 2.79. The number of rotatable bonds is 4. The number of furan rings is 1. The highest BCUT2D eigenvalue weighted by molar-refractivity contribution is 6.30. The molecular formula is C12H9ClO4. The zero-order chi connectivity index (χ0) is 12.3. The minimum atomic E-state index is -1.03. The van der Waals surface area contributed by atoms with E-state index in [0.29, 0.717) is 10.8 Å². The molecule has 0 fully saturated rings. The second-order valence-corrected chi connectivity index (χ2v) is 3.74. The van der Waals surface area contributed by atoms with Gasteiger partial charge in [-0.2, -0.15) is 0 Å². The van der Waals surface area contributed by atoms with Crippen molar-refractivity contribution in [2.24, 2.45) is 0 Å². The smallest absolute Gasteiger partial charge is 0.339 e. The van der Waals surface area contributed by atoms with Crippen LogP contribution in [-0.4, -0.2) is 11.1 Å². The molecule has 0 saturated carbocycles. The largest absolute Gasteiger partial charge is 0.486 e. The van der Waals surface area contributed by atoms with Crippen molar-refractivity contribution >= 4 is 17.6 Å². The summed E-state index contributed by atoms with van der Waals surface area (Å²) >= 11 is 5.73. The van der Waals surface area contributed by atoms with Crippen molar-refractivity contribution in [3.8, 4) is 5.75 Å². The number of carbonyl (C=O) groups is 1. The summed E-state index contributed by atoms with van der Waals surface area (Å²) in [5.41, 5.74) is 0.110. The van der Waals surface area contributed by atoms with Crippen LogP contribution in [0, 0.1) is 0 Å². The molecule has 88 valence electrons. The maximum atomic E-state index is 10.8. The molecule has 17 heavy (non-hydrogen) atoms. The summed E-state index contributed by atoms with van der Waals surface area (Å²) in [5, 5.41) is 9.47. The van der Waals surface area contributed by atoms with Gasteiger partial charge < -0.3 is 14.3 Å². The highest BCUT2D eigenvalue weighted by Gasteiger charge is 2.13. The molecule has 2 aromatic rings. The Labute approximate surface area is 102 Å². The fraction of sp³-hybridized carbons (Fsp3) is 0.0833. The molecule has 0 bridgehead atoms. The normalized spacial score (nSPS) is 10.2. The summed E-state index contributed by atoms with van der Waals surface area (Å²) in [4.78, 5) is 10.8. The lowest BCUT2D eigenvalue weighted by Crippen LogP contribution is -2.02. The molecule has 0 spiro atoms. The van der Waals surface area contributed by atoms with Crippen molar-refractivity contribution < 1.29 is 19.1 Å². The number of ether oxygens (including phenoxy) is 1. The highest BCUT2D eigenvalue weighted by atomic mass is 35.5. The highest BCUT2D eigenvalue weighted by Crippen LogP contribution is 2.18. The third-order valence-corrected chi connectivity index (χ3v) is 2.41. The second kappa shape index (κ2) is 4.93. The van der Waals surface area contributed by atoms with Crippen molar-refractivity contribution in [1.82, 2.24) is 0 Å². The minimum Gasteiger partial charge on any atom is -0.486 e. The number of hydrogen-bond acceptors (Lipinski definition) is 3. The number of carboxylic acid groups (broad SMARTS) is 1. The molecule has 0 atom stereocenters. The lowest BCUT2D eigenvalue weighted by molar-refractivity contribution is 0.0692. The first-order chi connectivity index (χ1) is 8.16. The fourth-order valence-electron chi connectivity index (χ4n) is 1.32. The van der Waals surface area contributed by atoms with Crippen molar-refractivity contribution in [1.29, 1.82) is 0 Å². The maximum absolute atomic E-state index is 10.8. The van der Waals surface area contributed by atoms with Crippen molar-refractivity contribution in [3.63, 3.8) is 0 Å². The SMILES string of the molecule is O=C(O)c1ccoc1COc1ccc(Cl)cc1. The number of benzene rings is 1. The minimum absolute atomic E-state index is 0.0657. The first kappa shape index (κ1) is 11.5. The van der Waals surface area contributed by atoms with Crippen LogP contribution in [0.15, 0.2) is 41.0 Å². The Morgan fingerprint density at radius 1 is 1.29 bits per heavy atom. The van der Waals surface area contributed by atoms with E-state index in [9.17, 15) is 4.79 Å². The Balaban J connectivity index is 2.05. The van der Waals surface area contributed by atoms with Gasteiger partial charge in [0.2, 0.25) is 0 Å². The monoisotopic (exact) mass is 252 g/mol. The lowest BCUT2D eigenvalue weighted by atomic mass is 10.2. The quantitative estimate of drug-likeness (QED) is 0.908. The standard InChI is InChI=1S/C12H9ClO4/c13-8-1-3-9(4-2-8)17-7-11-10(12(14)15)5-6-16-11/h1-6H,7H2,(H,14,15). The lowest BCUT2D eigenvalue weighted by Gasteiger charge is -2.04. The molecule has 0 aliphatic rings. The van der Waals surface area contributed by atoms with Gasteiger partial charge in [0.05, 0.1) is 6.26 Å². The molecule has 1 aromatic heterocycles. The number of halogens is 1. The van der Waals surface area contributed by atoms with E-state index in [1.54, 1.807) is 24.3 Å². The van der Waals surface area contributed by atoms with Crippen LogP contribution in [0.3, 0.4) is 0 Å². The fourth-order valence-corrected chi connectivity index (χ4v) is 1.45. The molecule has 0 aliphatic carbocycles. The second-order valence-electron chi connectivity index (χ2n) is 3.31. The van der Waals surface area contributed by atoms with Crippen LogP contribution in [0.1, 0.15) is 16.1 Å². The van der Waals surface area contributed by atoms with Crippen LogP contribution in [-0.2, 0) is 6.61 Å². The van der Waals surface area contributed by atoms with Crippen LogP contribution in [0.2, 0.25) is 5.02 Å². The van der Waals surface area contributed by atoms with Gasteiger partial charge in [0.15, 0.2) is 5.76 Å². The number of carboxylic acids is 1. The zero-order valence-corrected chi connectivity index (χ0v) is 9.48. The topological polar surface area (TPSA) is 59.7 Å². The molecule has 0 amide bonds. The molecular weight excluding hydrogens is 244 g/mol. The number of aromatic carboxylic acids is 1. The summed E-state index contributed by atoms with van der Waals surface area (Å²) in [5.74, 6) is -0.150. The molecule has 0 unspecified atom stereocenters. The van der Waals surface area contributed by atoms with Gasteiger partial charge in [-0.1, -0.05) is 11.6 Å². The summed E-state index contributed by atoms with van der Waals surface area (Å²) in [6.07, 6.45) is 1.32. The van der Waals surface area contributed by atoms with Gasteiger partial charge in [0, 0.05) is 5.02 Å². The average Bonchev–Trinajstić information content (AvgIpc) is 2.76. The van der Waals surface area contributed by atoms with Gasteiger partial charge in [0.25, 0.3) is 0 Å². The predicted molar refractivity (Wildman–Crippen MR) is 61.5 cm³/mol. The first-order valence-corrected chi connectivity index (χ1v) is 5.22. The van der Waals surface area contributed by atoms with E-state index in [1.165, 1.54) is 12.3 Å². The molecule has 2 rings (SSSR count). The summed E-state index contributed by atoms with van der Waals surface area (Å²) in [7, 11) is 0. The van der Waals surface area contributed by atoms with Gasteiger partial charge in [0.1, 0.15) is 17.9 Å². The summed E-state index contributed by atoms with van der Waals surface area (Å²) in [6.45, 7) is 0.0657. The predicted octanol–water partition coefficient (Wildman–Crippen LogP) is 3.21. The molecule has 1 heterocycles. The van der Waals surface area contributed by atoms with E-state index in [1.807, 2.05) is 0 Å². The van der Waals surface area contributed by atoms with Crippen molar-refractivity contribution in [2.75, 3.05) is 0 Å². The molecule has 0 saturated heterocycles. The van der Waals surface area contributed by atoms with Gasteiger partial charge in [-0.25, -0.2) is 4.79 Å². The molecule has 1 N–H and O–H groups in total. The van der Waals surface area contributed by atoms with Gasteiger partial charge in [-0.05, 0) is 30.3 Å². The van der Waals surface area contributed by atoms with Gasteiger partial charge in [-0.3, -0.25) is 0 Å². The van der Waals surface area contributed by atoms with E-state index in [0.717, 1.165) is 0 Å².